The second-order valence-electron chi connectivity index (χ2n) is 3.73. The van der Waals surface area contributed by atoms with E-state index in [0.717, 1.165) is 16.9 Å². The number of hydrogen-bond acceptors (Lipinski definition) is 2. The molecular formula is C14H11N3. The molecule has 3 nitrogen and oxygen atoms in total. The molecule has 0 spiro atoms. The van der Waals surface area contributed by atoms with Crippen molar-refractivity contribution in [1.82, 2.24) is 15.0 Å². The van der Waals surface area contributed by atoms with Crippen molar-refractivity contribution in [3.05, 3.63) is 66.9 Å². The molecule has 0 fully saturated rings. The number of nitrogens with zero attached hydrogens (tertiary/aromatic N) is 3. The zero-order valence-electron chi connectivity index (χ0n) is 9.19. The predicted octanol–water partition coefficient (Wildman–Crippen LogP) is 2.93. The molecular weight excluding hydrogens is 211 g/mol. The van der Waals surface area contributed by atoms with E-state index in [1.165, 1.54) is 0 Å². The molecule has 17 heavy (non-hydrogen) atoms. The van der Waals surface area contributed by atoms with Crippen molar-refractivity contribution < 1.29 is 0 Å². The van der Waals surface area contributed by atoms with E-state index in [2.05, 4.69) is 22.4 Å². The Kier molecular flexibility index (Phi) is 2.43. The van der Waals surface area contributed by atoms with E-state index < -0.39 is 0 Å². The van der Waals surface area contributed by atoms with Gasteiger partial charge in [-0.2, -0.15) is 0 Å². The maximum atomic E-state index is 4.13. The Morgan fingerprint density at radius 2 is 1.41 bits per heavy atom. The maximum absolute atomic E-state index is 4.13. The summed E-state index contributed by atoms with van der Waals surface area (Å²) in [5.74, 6) is 0. The first-order valence-corrected chi connectivity index (χ1v) is 5.47. The van der Waals surface area contributed by atoms with E-state index >= 15 is 0 Å². The fraction of sp³-hybridized carbons (Fsp3) is 0. The average molecular weight is 222 g/mol. The van der Waals surface area contributed by atoms with Crippen LogP contribution in [0.3, 0.4) is 0 Å². The lowest BCUT2D eigenvalue weighted by Crippen LogP contribution is -1.98. The molecule has 82 valence electrons. The lowest BCUT2D eigenvalue weighted by molar-refractivity contribution is 0.808. The van der Waals surface area contributed by atoms with Gasteiger partial charge in [0, 0.05) is 5.56 Å². The first-order chi connectivity index (χ1) is 8.45. The number of hydrogen-bond donors (Lipinski definition) is 0. The van der Waals surface area contributed by atoms with E-state index in [1.807, 2.05) is 53.2 Å². The second-order valence-corrected chi connectivity index (χ2v) is 3.73. The molecule has 0 amide bonds. The van der Waals surface area contributed by atoms with Gasteiger partial charge < -0.3 is 0 Å². The molecule has 3 aromatic rings. The van der Waals surface area contributed by atoms with Crippen LogP contribution in [0.4, 0.5) is 0 Å². The van der Waals surface area contributed by atoms with Crippen LogP contribution in [-0.2, 0) is 0 Å². The molecule has 0 aliphatic rings. The minimum absolute atomic E-state index is 0.997. The summed E-state index contributed by atoms with van der Waals surface area (Å²) in [6.07, 6.45) is 1.78. The van der Waals surface area contributed by atoms with Crippen molar-refractivity contribution in [1.29, 1.82) is 0 Å². The van der Waals surface area contributed by atoms with Crippen molar-refractivity contribution in [3.8, 4) is 16.9 Å². The highest BCUT2D eigenvalue weighted by Gasteiger charge is 2.07. The largest absolute Gasteiger partial charge is 0.213 e. The minimum atomic E-state index is 0.997. The Balaban J connectivity index is 2.13. The van der Waals surface area contributed by atoms with Crippen LogP contribution in [0.5, 0.6) is 0 Å². The summed E-state index contributed by atoms with van der Waals surface area (Å²) in [5.41, 5.74) is 3.13. The smallest absolute Gasteiger partial charge is 0.0944 e. The third kappa shape index (κ3) is 1.83. The van der Waals surface area contributed by atoms with Crippen molar-refractivity contribution in [2.75, 3.05) is 0 Å². The van der Waals surface area contributed by atoms with Gasteiger partial charge >= 0.3 is 0 Å². The Bertz CT molecular complexity index is 546. The Morgan fingerprint density at radius 3 is 2.12 bits per heavy atom. The highest BCUT2D eigenvalue weighted by atomic mass is 15.5. The molecule has 1 heterocycles. The van der Waals surface area contributed by atoms with Gasteiger partial charge in [0.1, 0.15) is 0 Å². The van der Waals surface area contributed by atoms with Crippen molar-refractivity contribution >= 4 is 0 Å². The van der Waals surface area contributed by atoms with E-state index in [0.29, 0.717) is 0 Å². The van der Waals surface area contributed by atoms with Crippen molar-refractivity contribution in [3.63, 3.8) is 0 Å². The molecule has 0 unspecified atom stereocenters. The molecule has 0 saturated carbocycles. The molecule has 0 radical (unpaired) electrons. The molecule has 0 aliphatic carbocycles. The number of para-hydroxylation sites is 1. The van der Waals surface area contributed by atoms with Crippen LogP contribution in [-0.4, -0.2) is 15.0 Å². The van der Waals surface area contributed by atoms with Gasteiger partial charge in [0.15, 0.2) is 0 Å². The summed E-state index contributed by atoms with van der Waals surface area (Å²) in [7, 11) is 0. The van der Waals surface area contributed by atoms with Crippen LogP contribution in [0.25, 0.3) is 16.9 Å². The predicted molar refractivity (Wildman–Crippen MR) is 66.8 cm³/mol. The fourth-order valence-corrected chi connectivity index (χ4v) is 1.80. The first-order valence-electron chi connectivity index (χ1n) is 5.47. The van der Waals surface area contributed by atoms with Gasteiger partial charge in [-0.3, -0.25) is 0 Å². The zero-order valence-corrected chi connectivity index (χ0v) is 9.19. The lowest BCUT2D eigenvalue weighted by atomic mass is 10.3. The Hall–Kier alpha value is -2.42. The summed E-state index contributed by atoms with van der Waals surface area (Å²) >= 11 is 0. The molecule has 1 aromatic heterocycles. The summed E-state index contributed by atoms with van der Waals surface area (Å²) in [4.78, 5) is 0. The van der Waals surface area contributed by atoms with E-state index in [4.69, 9.17) is 0 Å². The molecule has 0 aliphatic heterocycles. The quantitative estimate of drug-likeness (QED) is 0.667. The third-order valence-corrected chi connectivity index (χ3v) is 2.62. The zero-order chi connectivity index (χ0) is 11.5. The maximum Gasteiger partial charge on any atom is 0.0944 e. The van der Waals surface area contributed by atoms with Gasteiger partial charge in [-0.25, -0.2) is 4.68 Å². The highest BCUT2D eigenvalue weighted by Crippen LogP contribution is 2.20. The van der Waals surface area contributed by atoms with Gasteiger partial charge in [0.25, 0.3) is 0 Å². The van der Waals surface area contributed by atoms with E-state index in [1.54, 1.807) is 6.20 Å². The van der Waals surface area contributed by atoms with Gasteiger partial charge in [0.2, 0.25) is 0 Å². The molecule has 0 atom stereocenters. The van der Waals surface area contributed by atoms with Crippen molar-refractivity contribution in [2.45, 2.75) is 0 Å². The highest BCUT2D eigenvalue weighted by molar-refractivity contribution is 5.60. The second kappa shape index (κ2) is 4.22. The first kappa shape index (κ1) is 9.78. The number of benzene rings is 2. The lowest BCUT2D eigenvalue weighted by Gasteiger charge is -2.05. The van der Waals surface area contributed by atoms with Gasteiger partial charge in [-0.15, -0.1) is 5.10 Å². The summed E-state index contributed by atoms with van der Waals surface area (Å²) in [5, 5.41) is 8.12. The number of rotatable bonds is 2. The molecule has 2 aromatic carbocycles. The summed E-state index contributed by atoms with van der Waals surface area (Å²) in [6.45, 7) is 0. The topological polar surface area (TPSA) is 30.7 Å². The van der Waals surface area contributed by atoms with Crippen LogP contribution in [0, 0.1) is 0 Å². The molecule has 3 heteroatoms. The summed E-state index contributed by atoms with van der Waals surface area (Å²) in [6, 6.07) is 20.1. The Labute approximate surface area is 99.3 Å². The van der Waals surface area contributed by atoms with Gasteiger partial charge in [-0.1, -0.05) is 53.7 Å². The normalized spacial score (nSPS) is 10.4. The monoisotopic (exact) mass is 222 g/mol. The van der Waals surface area contributed by atoms with Crippen LogP contribution in [0.15, 0.2) is 66.9 Å². The Morgan fingerprint density at radius 1 is 0.765 bits per heavy atom. The molecule has 0 bridgehead atoms. The molecule has 0 saturated heterocycles. The van der Waals surface area contributed by atoms with Crippen LogP contribution < -0.4 is 0 Å². The van der Waals surface area contributed by atoms with Crippen molar-refractivity contribution in [2.24, 2.45) is 0 Å². The summed E-state index contributed by atoms with van der Waals surface area (Å²) < 4.78 is 1.84. The van der Waals surface area contributed by atoms with Gasteiger partial charge in [0.05, 0.1) is 17.6 Å². The minimum Gasteiger partial charge on any atom is -0.213 e. The molecule has 0 N–H and O–H groups in total. The van der Waals surface area contributed by atoms with Gasteiger partial charge in [-0.05, 0) is 12.1 Å². The van der Waals surface area contributed by atoms with E-state index in [9.17, 15) is 0 Å². The average Bonchev–Trinajstić information content (AvgIpc) is 2.90. The SMILES string of the molecule is c1ccc(-[13c]2cnnn2-c2ccccc2)cc1. The third-order valence-electron chi connectivity index (χ3n) is 2.62. The van der Waals surface area contributed by atoms with Crippen LogP contribution >= 0.6 is 0 Å². The fourth-order valence-electron chi connectivity index (χ4n) is 1.80. The number of aromatic nitrogens is 3. The molecule has 3 rings (SSSR count). The standard InChI is InChI=1S/C14H11N3/c1-3-7-12(8-4-1)14-11-15-16-17(14)13-9-5-2-6-10-13/h1-11H/i14+1. The van der Waals surface area contributed by atoms with E-state index in [-0.39, 0.29) is 0 Å². The van der Waals surface area contributed by atoms with Crippen LogP contribution in [0.2, 0.25) is 0 Å². The van der Waals surface area contributed by atoms with Crippen LogP contribution in [0.1, 0.15) is 0 Å².